The van der Waals surface area contributed by atoms with Gasteiger partial charge in [0.1, 0.15) is 0 Å². The summed E-state index contributed by atoms with van der Waals surface area (Å²) >= 11 is 1.80. The number of benzene rings is 8. The molecule has 0 fully saturated rings. The minimum absolute atomic E-state index is 0.461. The molecule has 0 bridgehead atoms. The molecule has 0 amide bonds. The molecule has 53 heavy (non-hydrogen) atoms. The molecule has 0 saturated carbocycles. The van der Waals surface area contributed by atoms with E-state index in [1.807, 2.05) is 6.07 Å². The summed E-state index contributed by atoms with van der Waals surface area (Å²) < 4.78 is 2.44. The van der Waals surface area contributed by atoms with Crippen LogP contribution in [0.1, 0.15) is 22.9 Å². The van der Waals surface area contributed by atoms with Crippen molar-refractivity contribution in [2.75, 3.05) is 0 Å². The van der Waals surface area contributed by atoms with Crippen molar-refractivity contribution in [2.24, 2.45) is 9.98 Å². The number of thiophene rings is 1. The fraction of sp³-hybridized carbons (Fsp3) is 0.0204. The second-order valence-electron chi connectivity index (χ2n) is 13.4. The molecule has 1 unspecified atom stereocenters. The maximum absolute atomic E-state index is 5.29. The summed E-state index contributed by atoms with van der Waals surface area (Å²) in [5, 5.41) is 10.2. The number of fused-ring (bicyclic) bond motifs is 4. The van der Waals surface area contributed by atoms with Gasteiger partial charge in [-0.2, -0.15) is 0 Å². The average molecular weight is 695 g/mol. The Hall–Kier alpha value is -6.62. The van der Waals surface area contributed by atoms with Crippen LogP contribution in [-0.4, -0.2) is 11.7 Å². The van der Waals surface area contributed by atoms with Gasteiger partial charge < -0.3 is 10.3 Å². The zero-order valence-electron chi connectivity index (χ0n) is 28.7. The third kappa shape index (κ3) is 5.80. The van der Waals surface area contributed by atoms with Crippen LogP contribution in [0.4, 0.5) is 0 Å². The van der Waals surface area contributed by atoms with Gasteiger partial charge in [0, 0.05) is 25.7 Å². The highest BCUT2D eigenvalue weighted by Gasteiger charge is 2.18. The zero-order valence-corrected chi connectivity index (χ0v) is 29.5. The van der Waals surface area contributed by atoms with Gasteiger partial charge in [-0.25, -0.2) is 0 Å². The van der Waals surface area contributed by atoms with Gasteiger partial charge in [-0.05, 0) is 85.6 Å². The Kier molecular flexibility index (Phi) is 7.74. The topological polar surface area (TPSA) is 38.8 Å². The first-order valence-corrected chi connectivity index (χ1v) is 18.7. The van der Waals surface area contributed by atoms with Crippen molar-refractivity contribution < 1.29 is 0 Å². The maximum atomic E-state index is 5.29. The molecule has 1 aromatic heterocycles. The van der Waals surface area contributed by atoms with Crippen molar-refractivity contribution in [3.8, 4) is 33.4 Å². The minimum Gasteiger partial charge on any atom is -0.438 e. The molecule has 8 aromatic carbocycles. The summed E-state index contributed by atoms with van der Waals surface area (Å²) in [4.78, 5) is 10.6. The van der Waals surface area contributed by atoms with Crippen LogP contribution in [0.3, 0.4) is 0 Å². The summed E-state index contributed by atoms with van der Waals surface area (Å²) in [5.74, 6) is 1.37. The molecule has 1 aliphatic heterocycles. The van der Waals surface area contributed by atoms with E-state index in [0.29, 0.717) is 11.7 Å². The third-order valence-corrected chi connectivity index (χ3v) is 11.3. The molecular formula is C49H32N3S-. The Labute approximate surface area is 312 Å². The first-order chi connectivity index (χ1) is 26.2. The predicted molar refractivity (Wildman–Crippen MR) is 225 cm³/mol. The Balaban J connectivity index is 1.13. The van der Waals surface area contributed by atoms with E-state index in [0.717, 1.165) is 33.4 Å². The van der Waals surface area contributed by atoms with Crippen LogP contribution in [-0.2, 0) is 0 Å². The molecule has 2 heterocycles. The second kappa shape index (κ2) is 13.2. The van der Waals surface area contributed by atoms with Crippen LogP contribution < -0.4 is 0 Å². The normalized spacial score (nSPS) is 14.2. The lowest BCUT2D eigenvalue weighted by Crippen LogP contribution is -2.16. The van der Waals surface area contributed by atoms with Gasteiger partial charge in [-0.3, -0.25) is 4.99 Å². The van der Waals surface area contributed by atoms with Crippen molar-refractivity contribution in [1.29, 1.82) is 0 Å². The lowest BCUT2D eigenvalue weighted by Gasteiger charge is -2.33. The Morgan fingerprint density at radius 1 is 0.434 bits per heavy atom. The lowest BCUT2D eigenvalue weighted by molar-refractivity contribution is 0.878. The standard InChI is InChI=1S/C49H32N3S/c1-3-14-32(15-4-1)34-19-11-21-37(28-34)47-50-48(52-49(51-47)43-26-13-25-42-41-24-9-10-27-45(41)53-46(42)43)38-22-12-20-36(29-38)44-31-39(33-16-5-2-6-17-33)30-35-18-7-8-23-40(35)44/h1-31,47H/q-1. The third-order valence-electron chi connectivity index (χ3n) is 10.0. The highest BCUT2D eigenvalue weighted by molar-refractivity contribution is 7.26. The number of rotatable bonds is 6. The molecule has 250 valence electrons. The van der Waals surface area contributed by atoms with Gasteiger partial charge in [0.15, 0.2) is 0 Å². The van der Waals surface area contributed by atoms with E-state index in [1.54, 1.807) is 11.3 Å². The molecule has 4 heteroatoms. The van der Waals surface area contributed by atoms with Gasteiger partial charge in [-0.15, -0.1) is 11.3 Å². The first-order valence-electron chi connectivity index (χ1n) is 17.9. The van der Waals surface area contributed by atoms with Crippen LogP contribution in [0.5, 0.6) is 0 Å². The fourth-order valence-corrected chi connectivity index (χ4v) is 8.65. The largest absolute Gasteiger partial charge is 0.438 e. The van der Waals surface area contributed by atoms with Crippen molar-refractivity contribution in [3.63, 3.8) is 0 Å². The molecule has 0 N–H and O–H groups in total. The molecule has 9 aromatic rings. The summed E-state index contributed by atoms with van der Waals surface area (Å²) in [6.45, 7) is 0. The van der Waals surface area contributed by atoms with Gasteiger partial charge in [0.2, 0.25) is 0 Å². The Morgan fingerprint density at radius 3 is 1.92 bits per heavy atom. The van der Waals surface area contributed by atoms with E-state index in [4.69, 9.17) is 15.3 Å². The van der Waals surface area contributed by atoms with E-state index in [1.165, 1.54) is 47.6 Å². The van der Waals surface area contributed by atoms with Crippen LogP contribution in [0, 0.1) is 0 Å². The molecule has 0 aliphatic carbocycles. The summed E-state index contributed by atoms with van der Waals surface area (Å²) in [5.41, 5.74) is 9.98. The maximum Gasteiger partial charge on any atom is 0.0822 e. The quantitative estimate of drug-likeness (QED) is 0.166. The molecule has 10 rings (SSSR count). The van der Waals surface area contributed by atoms with E-state index in [-0.39, 0.29) is 0 Å². The molecule has 0 spiro atoms. The van der Waals surface area contributed by atoms with Crippen molar-refractivity contribution in [2.45, 2.75) is 6.17 Å². The van der Waals surface area contributed by atoms with Crippen LogP contribution in [0.2, 0.25) is 0 Å². The SMILES string of the molecule is c1ccc(-c2cccc(C3N=C(c4cccc5c4sc4ccccc45)N=C(c4cccc(-c5cc(-c6ccccc6)cc6ccccc56)c4)[N-]3)c2)cc1. The molecular weight excluding hydrogens is 663 g/mol. The van der Waals surface area contributed by atoms with Gasteiger partial charge >= 0.3 is 0 Å². The smallest absolute Gasteiger partial charge is 0.0822 e. The number of nitrogens with zero attached hydrogens (tertiary/aromatic N) is 3. The lowest BCUT2D eigenvalue weighted by atomic mass is 9.92. The van der Waals surface area contributed by atoms with E-state index in [9.17, 15) is 0 Å². The molecule has 1 aliphatic rings. The average Bonchev–Trinajstić information content (AvgIpc) is 3.63. The number of aliphatic imine (C=N–C) groups is 2. The summed E-state index contributed by atoms with van der Waals surface area (Å²) in [7, 11) is 0. The van der Waals surface area contributed by atoms with Gasteiger partial charge in [0.05, 0.1) is 12.0 Å². The molecule has 0 radical (unpaired) electrons. The second-order valence-corrected chi connectivity index (χ2v) is 14.4. The highest BCUT2D eigenvalue weighted by Crippen LogP contribution is 2.40. The Bertz CT molecular complexity index is 2870. The number of hydrogen-bond donors (Lipinski definition) is 0. The molecule has 3 nitrogen and oxygen atoms in total. The highest BCUT2D eigenvalue weighted by atomic mass is 32.1. The van der Waals surface area contributed by atoms with Gasteiger partial charge in [0.25, 0.3) is 0 Å². The molecule has 0 saturated heterocycles. The van der Waals surface area contributed by atoms with Crippen LogP contribution >= 0.6 is 11.3 Å². The fourth-order valence-electron chi connectivity index (χ4n) is 7.44. The summed E-state index contributed by atoms with van der Waals surface area (Å²) in [6.07, 6.45) is -0.461. The van der Waals surface area contributed by atoms with E-state index in [2.05, 4.69) is 182 Å². The first kappa shape index (κ1) is 31.1. The number of hydrogen-bond acceptors (Lipinski definition) is 3. The predicted octanol–water partition coefficient (Wildman–Crippen LogP) is 13.5. The minimum atomic E-state index is -0.461. The number of amidine groups is 2. The zero-order chi connectivity index (χ0) is 35.1. The monoisotopic (exact) mass is 694 g/mol. The van der Waals surface area contributed by atoms with Crippen LogP contribution in [0.25, 0.3) is 69.6 Å². The summed E-state index contributed by atoms with van der Waals surface area (Å²) in [6, 6.07) is 66.6. The molecule has 1 atom stereocenters. The van der Waals surface area contributed by atoms with E-state index >= 15 is 0 Å². The van der Waals surface area contributed by atoms with Crippen LogP contribution in [0.15, 0.2) is 198 Å². The van der Waals surface area contributed by atoms with Gasteiger partial charge in [-0.1, -0.05) is 164 Å². The van der Waals surface area contributed by atoms with Crippen molar-refractivity contribution in [3.05, 3.63) is 210 Å². The Morgan fingerprint density at radius 2 is 1.08 bits per heavy atom. The van der Waals surface area contributed by atoms with Crippen molar-refractivity contribution in [1.82, 2.24) is 0 Å². The van der Waals surface area contributed by atoms with E-state index < -0.39 is 6.17 Å². The van der Waals surface area contributed by atoms with Crippen molar-refractivity contribution >= 4 is 54.0 Å².